The molecule has 0 aliphatic rings. The minimum atomic E-state index is -0.439. The van der Waals surface area contributed by atoms with Crippen LogP contribution in [0.5, 0.6) is 0 Å². The molecule has 0 saturated carbocycles. The van der Waals surface area contributed by atoms with E-state index in [0.29, 0.717) is 16.3 Å². The second-order valence-corrected chi connectivity index (χ2v) is 6.76. The normalized spacial score (nSPS) is 11.1. The molecular formula is C20H16N4O2S. The summed E-state index contributed by atoms with van der Waals surface area (Å²) in [7, 11) is 0. The van der Waals surface area contributed by atoms with Crippen molar-refractivity contribution in [2.75, 3.05) is 5.32 Å². The molecule has 134 valence electrons. The Morgan fingerprint density at radius 3 is 2.67 bits per heavy atom. The van der Waals surface area contributed by atoms with Crippen molar-refractivity contribution in [3.63, 3.8) is 0 Å². The van der Waals surface area contributed by atoms with Crippen LogP contribution in [0, 0.1) is 35.3 Å². The first-order valence-electron chi connectivity index (χ1n) is 8.13. The molecule has 0 radical (unpaired) electrons. The number of thiazole rings is 1. The minimum absolute atomic E-state index is 0.0320. The summed E-state index contributed by atoms with van der Waals surface area (Å²) < 4.78 is 0. The van der Waals surface area contributed by atoms with E-state index in [4.69, 9.17) is 0 Å². The lowest BCUT2D eigenvalue weighted by molar-refractivity contribution is -0.384. The van der Waals surface area contributed by atoms with E-state index < -0.39 is 4.92 Å². The van der Waals surface area contributed by atoms with Gasteiger partial charge in [-0.05, 0) is 43.2 Å². The van der Waals surface area contributed by atoms with Gasteiger partial charge in [0.25, 0.3) is 5.69 Å². The second-order valence-electron chi connectivity index (χ2n) is 5.90. The zero-order chi connectivity index (χ0) is 19.4. The van der Waals surface area contributed by atoms with E-state index >= 15 is 0 Å². The van der Waals surface area contributed by atoms with Crippen LogP contribution in [0.1, 0.15) is 16.1 Å². The number of benzene rings is 2. The lowest BCUT2D eigenvalue weighted by Gasteiger charge is -2.08. The topological polar surface area (TPSA) is 91.8 Å². The number of aromatic nitrogens is 1. The van der Waals surface area contributed by atoms with Gasteiger partial charge in [-0.2, -0.15) is 5.26 Å². The molecule has 0 spiro atoms. The summed E-state index contributed by atoms with van der Waals surface area (Å²) in [5, 5.41) is 25.8. The number of allylic oxidation sites excluding steroid dienone is 1. The highest BCUT2D eigenvalue weighted by Crippen LogP contribution is 2.27. The van der Waals surface area contributed by atoms with Gasteiger partial charge in [-0.25, -0.2) is 4.98 Å². The first kappa shape index (κ1) is 18.3. The molecule has 1 heterocycles. The van der Waals surface area contributed by atoms with Crippen LogP contribution in [0.4, 0.5) is 11.4 Å². The molecule has 27 heavy (non-hydrogen) atoms. The standard InChI is InChI=1S/C20H16N4O2S/c1-13-4-3-5-18(14(13)2)22-11-16(10-21)20-23-19(12-27-20)15-6-8-17(9-7-15)24(25)26/h3-9,11-12,22H,1-2H3/b16-11+. The summed E-state index contributed by atoms with van der Waals surface area (Å²) in [4.78, 5) is 14.8. The molecule has 6 nitrogen and oxygen atoms in total. The van der Waals surface area contributed by atoms with Crippen LogP contribution >= 0.6 is 11.3 Å². The van der Waals surface area contributed by atoms with Gasteiger partial charge in [-0.15, -0.1) is 11.3 Å². The molecule has 7 heteroatoms. The van der Waals surface area contributed by atoms with Crippen molar-refractivity contribution in [2.24, 2.45) is 0 Å². The van der Waals surface area contributed by atoms with Gasteiger partial charge in [0.15, 0.2) is 0 Å². The van der Waals surface area contributed by atoms with E-state index in [1.54, 1.807) is 18.3 Å². The van der Waals surface area contributed by atoms with Crippen molar-refractivity contribution in [1.82, 2.24) is 4.98 Å². The zero-order valence-corrected chi connectivity index (χ0v) is 15.6. The first-order valence-corrected chi connectivity index (χ1v) is 9.01. The number of hydrogen-bond acceptors (Lipinski definition) is 6. The van der Waals surface area contributed by atoms with Crippen LogP contribution in [0.3, 0.4) is 0 Å². The number of nitrogens with one attached hydrogen (secondary N) is 1. The highest BCUT2D eigenvalue weighted by molar-refractivity contribution is 7.11. The summed E-state index contributed by atoms with van der Waals surface area (Å²) in [6.45, 7) is 4.06. The van der Waals surface area contributed by atoms with Crippen molar-refractivity contribution < 1.29 is 4.92 Å². The average Bonchev–Trinajstić information content (AvgIpc) is 3.15. The van der Waals surface area contributed by atoms with Crippen LogP contribution in [-0.4, -0.2) is 9.91 Å². The molecule has 1 N–H and O–H groups in total. The fourth-order valence-corrected chi connectivity index (χ4v) is 3.28. The monoisotopic (exact) mass is 376 g/mol. The number of non-ortho nitro benzene ring substituents is 1. The maximum atomic E-state index is 10.8. The number of anilines is 1. The Bertz CT molecular complexity index is 1060. The average molecular weight is 376 g/mol. The Morgan fingerprint density at radius 1 is 1.26 bits per heavy atom. The van der Waals surface area contributed by atoms with Crippen molar-refractivity contribution in [3.05, 3.63) is 80.3 Å². The quantitative estimate of drug-likeness (QED) is 0.370. The molecule has 2 aromatic carbocycles. The number of nitro benzene ring substituents is 1. The Kier molecular flexibility index (Phi) is 5.29. The van der Waals surface area contributed by atoms with Gasteiger partial charge in [-0.1, -0.05) is 12.1 Å². The van der Waals surface area contributed by atoms with Gasteiger partial charge < -0.3 is 5.32 Å². The maximum absolute atomic E-state index is 10.8. The van der Waals surface area contributed by atoms with Crippen LogP contribution in [0.15, 0.2) is 54.0 Å². The predicted molar refractivity (Wildman–Crippen MR) is 107 cm³/mol. The Balaban J connectivity index is 1.84. The smallest absolute Gasteiger partial charge is 0.269 e. The zero-order valence-electron chi connectivity index (χ0n) is 14.8. The highest BCUT2D eigenvalue weighted by Gasteiger charge is 2.11. The minimum Gasteiger partial charge on any atom is -0.360 e. The third-order valence-electron chi connectivity index (χ3n) is 4.21. The van der Waals surface area contributed by atoms with Crippen LogP contribution < -0.4 is 5.32 Å². The predicted octanol–water partition coefficient (Wildman–Crippen LogP) is 5.31. The maximum Gasteiger partial charge on any atom is 0.269 e. The summed E-state index contributed by atoms with van der Waals surface area (Å²) in [6.07, 6.45) is 1.65. The van der Waals surface area contributed by atoms with E-state index in [0.717, 1.165) is 16.8 Å². The fraction of sp³-hybridized carbons (Fsp3) is 0.100. The molecule has 1 aromatic heterocycles. The van der Waals surface area contributed by atoms with Crippen LogP contribution in [-0.2, 0) is 0 Å². The first-order chi connectivity index (χ1) is 13.0. The van der Waals surface area contributed by atoms with Gasteiger partial charge in [0.2, 0.25) is 0 Å². The molecule has 0 amide bonds. The number of hydrogen-bond donors (Lipinski definition) is 1. The van der Waals surface area contributed by atoms with Gasteiger partial charge in [0.05, 0.1) is 10.6 Å². The number of nitriles is 1. The molecule has 3 rings (SSSR count). The van der Waals surface area contributed by atoms with Gasteiger partial charge in [0.1, 0.15) is 16.6 Å². The summed E-state index contributed by atoms with van der Waals surface area (Å²) in [5.41, 5.74) is 5.13. The molecular weight excluding hydrogens is 360 g/mol. The van der Waals surface area contributed by atoms with Gasteiger partial charge in [-0.3, -0.25) is 10.1 Å². The molecule has 0 saturated heterocycles. The Hall–Kier alpha value is -3.50. The van der Waals surface area contributed by atoms with Crippen molar-refractivity contribution in [1.29, 1.82) is 5.26 Å². The molecule has 3 aromatic rings. The molecule has 0 fully saturated rings. The summed E-state index contributed by atoms with van der Waals surface area (Å²) in [5.74, 6) is 0. The number of nitrogens with zero attached hydrogens (tertiary/aromatic N) is 3. The third-order valence-corrected chi connectivity index (χ3v) is 5.08. The Labute approximate surface area is 160 Å². The molecule has 0 aliphatic carbocycles. The highest BCUT2D eigenvalue weighted by atomic mass is 32.1. The number of nitro groups is 1. The second kappa shape index (κ2) is 7.81. The van der Waals surface area contributed by atoms with E-state index in [1.165, 1.54) is 29.0 Å². The molecule has 0 atom stereocenters. The fourth-order valence-electron chi connectivity index (χ4n) is 2.48. The molecule has 0 bridgehead atoms. The summed E-state index contributed by atoms with van der Waals surface area (Å²) >= 11 is 1.35. The van der Waals surface area contributed by atoms with Crippen LogP contribution in [0.2, 0.25) is 0 Å². The van der Waals surface area contributed by atoms with Crippen molar-refractivity contribution >= 4 is 28.3 Å². The molecule has 0 aliphatic heterocycles. The lowest BCUT2D eigenvalue weighted by Crippen LogP contribution is -1.95. The Morgan fingerprint density at radius 2 is 2.00 bits per heavy atom. The van der Waals surface area contributed by atoms with E-state index in [2.05, 4.69) is 16.4 Å². The molecule has 0 unspecified atom stereocenters. The van der Waals surface area contributed by atoms with E-state index in [-0.39, 0.29) is 5.69 Å². The largest absolute Gasteiger partial charge is 0.360 e. The third kappa shape index (κ3) is 4.02. The van der Waals surface area contributed by atoms with Crippen LogP contribution in [0.25, 0.3) is 16.8 Å². The lowest BCUT2D eigenvalue weighted by atomic mass is 10.1. The van der Waals surface area contributed by atoms with Gasteiger partial charge >= 0.3 is 0 Å². The van der Waals surface area contributed by atoms with E-state index in [1.807, 2.05) is 37.4 Å². The van der Waals surface area contributed by atoms with Crippen molar-refractivity contribution in [2.45, 2.75) is 13.8 Å². The number of rotatable bonds is 5. The van der Waals surface area contributed by atoms with Crippen molar-refractivity contribution in [3.8, 4) is 17.3 Å². The SMILES string of the molecule is Cc1cccc(N/C=C(\C#N)c2nc(-c3ccc([N+](=O)[O-])cc3)cs2)c1C. The van der Waals surface area contributed by atoms with Gasteiger partial charge in [0, 0.05) is 35.0 Å². The van der Waals surface area contributed by atoms with E-state index in [9.17, 15) is 15.4 Å². The summed E-state index contributed by atoms with van der Waals surface area (Å²) in [6, 6.07) is 14.3. The number of aryl methyl sites for hydroxylation is 1.